The minimum Gasteiger partial charge on any atom is -0.489 e. The van der Waals surface area contributed by atoms with Gasteiger partial charge in [-0.25, -0.2) is 4.39 Å². The number of rotatable bonds is 4. The number of fused-ring (bicyclic) bond motifs is 1. The van der Waals surface area contributed by atoms with E-state index < -0.39 is 0 Å². The maximum atomic E-state index is 13.1. The Labute approximate surface area is 116 Å². The van der Waals surface area contributed by atoms with Crippen LogP contribution in [0.1, 0.15) is 22.7 Å². The Kier molecular flexibility index (Phi) is 3.48. The molecule has 1 unspecified atom stereocenters. The second-order valence-electron chi connectivity index (χ2n) is 4.77. The first-order chi connectivity index (χ1) is 9.76. The lowest BCUT2D eigenvalue weighted by molar-refractivity contribution is -0.109. The predicted octanol–water partition coefficient (Wildman–Crippen LogP) is 2.75. The lowest BCUT2D eigenvalue weighted by Gasteiger charge is -2.08. The van der Waals surface area contributed by atoms with Gasteiger partial charge in [-0.1, -0.05) is 18.2 Å². The molecule has 1 aliphatic rings. The van der Waals surface area contributed by atoms with E-state index in [1.54, 1.807) is 6.07 Å². The second kappa shape index (κ2) is 5.43. The van der Waals surface area contributed by atoms with E-state index >= 15 is 0 Å². The van der Waals surface area contributed by atoms with Crippen LogP contribution in [0, 0.1) is 5.82 Å². The molecule has 1 N–H and O–H groups in total. The summed E-state index contributed by atoms with van der Waals surface area (Å²) in [6, 6.07) is 11.8. The fourth-order valence-electron chi connectivity index (χ4n) is 2.37. The number of hydrogen-bond donors (Lipinski definition) is 1. The number of halogens is 1. The van der Waals surface area contributed by atoms with Gasteiger partial charge in [0.1, 0.15) is 24.5 Å². The van der Waals surface area contributed by atoms with Crippen molar-refractivity contribution >= 4 is 6.29 Å². The van der Waals surface area contributed by atoms with Gasteiger partial charge in [-0.15, -0.1) is 0 Å². The van der Waals surface area contributed by atoms with E-state index in [2.05, 4.69) is 5.32 Å². The summed E-state index contributed by atoms with van der Waals surface area (Å²) in [5, 5.41) is 3.11. The molecule has 4 heteroatoms. The molecule has 102 valence electrons. The van der Waals surface area contributed by atoms with E-state index in [0.29, 0.717) is 13.2 Å². The highest BCUT2D eigenvalue weighted by Gasteiger charge is 2.21. The van der Waals surface area contributed by atoms with Crippen LogP contribution in [0.4, 0.5) is 4.39 Å². The molecule has 0 bridgehead atoms. The summed E-state index contributed by atoms with van der Waals surface area (Å²) in [4.78, 5) is 10.9. The summed E-state index contributed by atoms with van der Waals surface area (Å²) in [6.45, 7) is 0.983. The lowest BCUT2D eigenvalue weighted by atomic mass is 10.1. The Bertz CT molecular complexity index is 642. The van der Waals surface area contributed by atoms with Gasteiger partial charge in [0.05, 0.1) is 6.04 Å². The molecule has 0 spiro atoms. The quantitative estimate of drug-likeness (QED) is 0.869. The zero-order valence-electron chi connectivity index (χ0n) is 10.8. The fraction of sp³-hybridized carbons (Fsp3) is 0.188. The summed E-state index contributed by atoms with van der Waals surface area (Å²) >= 11 is 0. The fourth-order valence-corrected chi connectivity index (χ4v) is 2.37. The molecule has 1 atom stereocenters. The highest BCUT2D eigenvalue weighted by Crippen LogP contribution is 2.27. The SMILES string of the molecule is O=CC1NCc2cc(OCc3cccc(F)c3)ccc21. The highest BCUT2D eigenvalue weighted by molar-refractivity contribution is 5.64. The van der Waals surface area contributed by atoms with Crippen molar-refractivity contribution < 1.29 is 13.9 Å². The van der Waals surface area contributed by atoms with Gasteiger partial charge >= 0.3 is 0 Å². The predicted molar refractivity (Wildman–Crippen MR) is 72.8 cm³/mol. The molecule has 1 aliphatic heterocycles. The number of carbonyl (C=O) groups is 1. The molecule has 0 aromatic heterocycles. The molecule has 3 rings (SSSR count). The van der Waals surface area contributed by atoms with Crippen molar-refractivity contribution in [3.63, 3.8) is 0 Å². The summed E-state index contributed by atoms with van der Waals surface area (Å²) in [6.07, 6.45) is 0.902. The average molecular weight is 271 g/mol. The van der Waals surface area contributed by atoms with Crippen molar-refractivity contribution in [1.82, 2.24) is 5.32 Å². The van der Waals surface area contributed by atoms with E-state index in [4.69, 9.17) is 4.74 Å². The van der Waals surface area contributed by atoms with Crippen LogP contribution in [0.5, 0.6) is 5.75 Å². The largest absolute Gasteiger partial charge is 0.489 e. The molecule has 2 aromatic rings. The Morgan fingerprint density at radius 3 is 3.00 bits per heavy atom. The third-order valence-corrected chi connectivity index (χ3v) is 3.39. The molecule has 1 heterocycles. The van der Waals surface area contributed by atoms with E-state index in [1.807, 2.05) is 24.3 Å². The van der Waals surface area contributed by atoms with Gasteiger partial charge in [0.15, 0.2) is 0 Å². The molecule has 20 heavy (non-hydrogen) atoms. The van der Waals surface area contributed by atoms with Gasteiger partial charge in [0.2, 0.25) is 0 Å². The third-order valence-electron chi connectivity index (χ3n) is 3.39. The molecule has 2 aromatic carbocycles. The van der Waals surface area contributed by atoms with Crippen molar-refractivity contribution in [2.24, 2.45) is 0 Å². The van der Waals surface area contributed by atoms with Crippen LogP contribution in [0.3, 0.4) is 0 Å². The normalized spacial score (nSPS) is 16.8. The van der Waals surface area contributed by atoms with Crippen LogP contribution in [-0.4, -0.2) is 6.29 Å². The number of hydrogen-bond acceptors (Lipinski definition) is 3. The first kappa shape index (κ1) is 12.8. The van der Waals surface area contributed by atoms with Crippen molar-refractivity contribution in [1.29, 1.82) is 0 Å². The van der Waals surface area contributed by atoms with Gasteiger partial charge in [0, 0.05) is 6.54 Å². The number of benzene rings is 2. The standard InChI is InChI=1S/C16H14FNO2/c17-13-3-1-2-11(6-13)10-20-14-4-5-15-12(7-14)8-18-16(15)9-19/h1-7,9,16,18H,8,10H2. The molecule has 0 radical (unpaired) electrons. The lowest BCUT2D eigenvalue weighted by Crippen LogP contribution is -2.12. The maximum Gasteiger partial charge on any atom is 0.141 e. The number of ether oxygens (including phenoxy) is 1. The zero-order chi connectivity index (χ0) is 13.9. The van der Waals surface area contributed by atoms with E-state index in [9.17, 15) is 9.18 Å². The molecule has 0 saturated heterocycles. The number of aldehydes is 1. The summed E-state index contributed by atoms with van der Waals surface area (Å²) in [5.74, 6) is 0.458. The minimum atomic E-state index is -0.266. The molecular weight excluding hydrogens is 257 g/mol. The first-order valence-corrected chi connectivity index (χ1v) is 6.45. The van der Waals surface area contributed by atoms with Crippen molar-refractivity contribution in [2.75, 3.05) is 0 Å². The third kappa shape index (κ3) is 2.56. The smallest absolute Gasteiger partial charge is 0.141 e. The van der Waals surface area contributed by atoms with Crippen molar-refractivity contribution in [2.45, 2.75) is 19.2 Å². The van der Waals surface area contributed by atoms with Crippen LogP contribution >= 0.6 is 0 Å². The minimum absolute atomic E-state index is 0.220. The van der Waals surface area contributed by atoms with Crippen LogP contribution in [0.15, 0.2) is 42.5 Å². The van der Waals surface area contributed by atoms with Gasteiger partial charge in [-0.3, -0.25) is 5.32 Å². The maximum absolute atomic E-state index is 13.1. The summed E-state index contributed by atoms with van der Waals surface area (Å²) in [5.41, 5.74) is 2.85. The molecule has 0 amide bonds. The zero-order valence-corrected chi connectivity index (χ0v) is 10.8. The van der Waals surface area contributed by atoms with Crippen molar-refractivity contribution in [3.05, 3.63) is 65.0 Å². The Morgan fingerprint density at radius 2 is 2.20 bits per heavy atom. The number of nitrogens with one attached hydrogen (secondary N) is 1. The topological polar surface area (TPSA) is 38.3 Å². The Balaban J connectivity index is 1.71. The van der Waals surface area contributed by atoms with Crippen LogP contribution < -0.4 is 10.1 Å². The van der Waals surface area contributed by atoms with Crippen LogP contribution in [-0.2, 0) is 17.9 Å². The monoisotopic (exact) mass is 271 g/mol. The van der Waals surface area contributed by atoms with Crippen LogP contribution in [0.25, 0.3) is 0 Å². The Morgan fingerprint density at radius 1 is 1.30 bits per heavy atom. The van der Waals surface area contributed by atoms with Crippen molar-refractivity contribution in [3.8, 4) is 5.75 Å². The highest BCUT2D eigenvalue weighted by atomic mass is 19.1. The summed E-state index contributed by atoms with van der Waals surface area (Å²) < 4.78 is 18.7. The second-order valence-corrected chi connectivity index (χ2v) is 4.77. The van der Waals surface area contributed by atoms with Gasteiger partial charge < -0.3 is 9.53 Å². The van der Waals surface area contributed by atoms with E-state index in [-0.39, 0.29) is 11.9 Å². The Hall–Kier alpha value is -2.20. The number of carbonyl (C=O) groups excluding carboxylic acids is 1. The molecule has 0 saturated carbocycles. The van der Waals surface area contributed by atoms with Gasteiger partial charge in [-0.05, 0) is 41.0 Å². The molecule has 3 nitrogen and oxygen atoms in total. The molecular formula is C16H14FNO2. The first-order valence-electron chi connectivity index (χ1n) is 6.45. The van der Waals surface area contributed by atoms with E-state index in [1.165, 1.54) is 12.1 Å². The molecule has 0 fully saturated rings. The summed E-state index contributed by atoms with van der Waals surface area (Å²) in [7, 11) is 0. The molecule has 0 aliphatic carbocycles. The van der Waals surface area contributed by atoms with E-state index in [0.717, 1.165) is 28.7 Å². The van der Waals surface area contributed by atoms with Gasteiger partial charge in [0.25, 0.3) is 0 Å². The van der Waals surface area contributed by atoms with Gasteiger partial charge in [-0.2, -0.15) is 0 Å². The van der Waals surface area contributed by atoms with Crippen LogP contribution in [0.2, 0.25) is 0 Å². The average Bonchev–Trinajstić information content (AvgIpc) is 2.87.